The lowest BCUT2D eigenvalue weighted by Gasteiger charge is -2.12. The van der Waals surface area contributed by atoms with Crippen LogP contribution in [0.4, 0.5) is 0 Å². The van der Waals surface area contributed by atoms with E-state index in [0.717, 1.165) is 0 Å². The van der Waals surface area contributed by atoms with Crippen LogP contribution >= 0.6 is 0 Å². The Balaban J connectivity index is 1.76. The minimum atomic E-state index is 1.25. The normalized spacial score (nSPS) is 11.1. The van der Waals surface area contributed by atoms with E-state index in [0.29, 0.717) is 0 Å². The second kappa shape index (κ2) is 6.41. The molecule has 0 aliphatic rings. The van der Waals surface area contributed by atoms with Crippen LogP contribution in [0.3, 0.4) is 0 Å². The molecule has 0 aliphatic carbocycles. The van der Waals surface area contributed by atoms with Gasteiger partial charge in [0.1, 0.15) is 0 Å². The highest BCUT2D eigenvalue weighted by Gasteiger charge is 2.09. The van der Waals surface area contributed by atoms with Crippen LogP contribution in [-0.4, -0.2) is 0 Å². The van der Waals surface area contributed by atoms with E-state index < -0.39 is 0 Å². The molecular formula is C27H20. The van der Waals surface area contributed by atoms with Gasteiger partial charge in [0.15, 0.2) is 0 Å². The zero-order chi connectivity index (χ0) is 18.2. The summed E-state index contributed by atoms with van der Waals surface area (Å²) >= 11 is 0. The van der Waals surface area contributed by atoms with Gasteiger partial charge in [0, 0.05) is 0 Å². The van der Waals surface area contributed by atoms with Gasteiger partial charge in [0.2, 0.25) is 0 Å². The molecule has 0 fully saturated rings. The van der Waals surface area contributed by atoms with Crippen molar-refractivity contribution in [3.8, 4) is 22.3 Å². The first-order chi connectivity index (χ1) is 13.3. The van der Waals surface area contributed by atoms with E-state index in [-0.39, 0.29) is 0 Å². The minimum Gasteiger partial charge on any atom is -0.0616 e. The van der Waals surface area contributed by atoms with E-state index in [1.165, 1.54) is 49.4 Å². The molecular weight excluding hydrogens is 324 g/mol. The summed E-state index contributed by atoms with van der Waals surface area (Å²) in [4.78, 5) is 0. The van der Waals surface area contributed by atoms with Gasteiger partial charge < -0.3 is 0 Å². The minimum absolute atomic E-state index is 1.25. The molecule has 5 rings (SSSR count). The van der Waals surface area contributed by atoms with Crippen LogP contribution in [0.15, 0.2) is 103 Å². The molecule has 5 aromatic carbocycles. The maximum absolute atomic E-state index is 2.33. The van der Waals surface area contributed by atoms with Crippen molar-refractivity contribution >= 4 is 21.5 Å². The first-order valence-electron chi connectivity index (χ1n) is 9.37. The van der Waals surface area contributed by atoms with Crippen LogP contribution in [0.2, 0.25) is 0 Å². The number of hydrogen-bond acceptors (Lipinski definition) is 0. The molecule has 0 atom stereocenters. The van der Waals surface area contributed by atoms with Gasteiger partial charge in [-0.15, -0.1) is 0 Å². The summed E-state index contributed by atoms with van der Waals surface area (Å²) < 4.78 is 0. The molecule has 0 aromatic heterocycles. The summed E-state index contributed by atoms with van der Waals surface area (Å²) in [5.41, 5.74) is 6.35. The van der Waals surface area contributed by atoms with Crippen LogP contribution in [0.1, 0.15) is 5.56 Å². The smallest absolute Gasteiger partial charge is 0.00988 e. The van der Waals surface area contributed by atoms with Crippen molar-refractivity contribution < 1.29 is 0 Å². The second-order valence-corrected chi connectivity index (χ2v) is 7.14. The van der Waals surface area contributed by atoms with E-state index in [2.05, 4.69) is 110 Å². The molecule has 0 heteroatoms. The fourth-order valence-electron chi connectivity index (χ4n) is 3.91. The molecule has 0 amide bonds. The first kappa shape index (κ1) is 15.8. The van der Waals surface area contributed by atoms with Crippen LogP contribution < -0.4 is 0 Å². The monoisotopic (exact) mass is 344 g/mol. The average molecular weight is 344 g/mol. The molecule has 0 aliphatic heterocycles. The van der Waals surface area contributed by atoms with Crippen molar-refractivity contribution in [1.29, 1.82) is 0 Å². The zero-order valence-corrected chi connectivity index (χ0v) is 15.3. The third-order valence-corrected chi connectivity index (χ3v) is 5.33. The third kappa shape index (κ3) is 2.80. The predicted octanol–water partition coefficient (Wildman–Crippen LogP) is 7.64. The highest BCUT2D eigenvalue weighted by molar-refractivity contribution is 6.13. The van der Waals surface area contributed by atoms with Gasteiger partial charge in [0.05, 0.1) is 0 Å². The molecule has 0 radical (unpaired) electrons. The first-order valence-corrected chi connectivity index (χ1v) is 9.37. The van der Waals surface area contributed by atoms with E-state index in [4.69, 9.17) is 0 Å². The van der Waals surface area contributed by atoms with Gasteiger partial charge in [0.25, 0.3) is 0 Å². The Labute approximate surface area is 159 Å². The highest BCUT2D eigenvalue weighted by atomic mass is 14.1. The molecule has 128 valence electrons. The summed E-state index contributed by atoms with van der Waals surface area (Å²) in [7, 11) is 0. The summed E-state index contributed by atoms with van der Waals surface area (Å²) in [6, 6.07) is 37.3. The predicted molar refractivity (Wildman–Crippen MR) is 117 cm³/mol. The van der Waals surface area contributed by atoms with Crippen LogP contribution in [0.5, 0.6) is 0 Å². The van der Waals surface area contributed by atoms with Crippen molar-refractivity contribution in [3.05, 3.63) is 109 Å². The van der Waals surface area contributed by atoms with Crippen molar-refractivity contribution in [2.45, 2.75) is 6.92 Å². The number of hydrogen-bond donors (Lipinski definition) is 0. The number of fused-ring (bicyclic) bond motifs is 3. The fourth-order valence-corrected chi connectivity index (χ4v) is 3.91. The fraction of sp³-hybridized carbons (Fsp3) is 0.0370. The van der Waals surface area contributed by atoms with Crippen molar-refractivity contribution in [1.82, 2.24) is 0 Å². The summed E-state index contributed by atoms with van der Waals surface area (Å²) in [6.07, 6.45) is 0. The SMILES string of the molecule is Cc1ccc(-c2cccc(-c3cc4ccccc4c4ccccc34)c2)cc1. The molecule has 27 heavy (non-hydrogen) atoms. The lowest BCUT2D eigenvalue weighted by atomic mass is 9.92. The molecule has 0 N–H and O–H groups in total. The highest BCUT2D eigenvalue weighted by Crippen LogP contribution is 2.36. The Morgan fingerprint density at radius 2 is 1.11 bits per heavy atom. The van der Waals surface area contributed by atoms with Crippen molar-refractivity contribution in [3.63, 3.8) is 0 Å². The third-order valence-electron chi connectivity index (χ3n) is 5.33. The Kier molecular flexibility index (Phi) is 3.76. The zero-order valence-electron chi connectivity index (χ0n) is 15.3. The van der Waals surface area contributed by atoms with Crippen LogP contribution in [-0.2, 0) is 0 Å². The second-order valence-electron chi connectivity index (χ2n) is 7.14. The van der Waals surface area contributed by atoms with Gasteiger partial charge in [-0.1, -0.05) is 96.6 Å². The van der Waals surface area contributed by atoms with Gasteiger partial charge in [-0.25, -0.2) is 0 Å². The van der Waals surface area contributed by atoms with E-state index in [1.807, 2.05) is 0 Å². The summed E-state index contributed by atoms with van der Waals surface area (Å²) in [5.74, 6) is 0. The molecule has 5 aromatic rings. The molecule has 0 unspecified atom stereocenters. The molecule has 0 nitrogen and oxygen atoms in total. The van der Waals surface area contributed by atoms with Crippen molar-refractivity contribution in [2.24, 2.45) is 0 Å². The maximum atomic E-state index is 2.33. The van der Waals surface area contributed by atoms with Gasteiger partial charge >= 0.3 is 0 Å². The lowest BCUT2D eigenvalue weighted by Crippen LogP contribution is -1.86. The molecule has 0 saturated carbocycles. The molecule has 0 spiro atoms. The topological polar surface area (TPSA) is 0 Å². The lowest BCUT2D eigenvalue weighted by molar-refractivity contribution is 1.47. The number of rotatable bonds is 2. The standard InChI is InChI=1S/C27H20/c1-19-13-15-20(16-14-19)21-8-6-9-22(17-21)27-18-23-7-2-3-10-24(23)25-11-4-5-12-26(25)27/h2-18H,1H3. The van der Waals surface area contributed by atoms with Gasteiger partial charge in [-0.3, -0.25) is 0 Å². The number of aryl methyl sites for hydroxylation is 1. The summed E-state index contributed by atoms with van der Waals surface area (Å²) in [6.45, 7) is 2.13. The van der Waals surface area contributed by atoms with Crippen molar-refractivity contribution in [2.75, 3.05) is 0 Å². The molecule has 0 saturated heterocycles. The Bertz CT molecular complexity index is 1260. The largest absolute Gasteiger partial charge is 0.0616 e. The van der Waals surface area contributed by atoms with Gasteiger partial charge in [-0.05, 0) is 62.9 Å². The summed E-state index contributed by atoms with van der Waals surface area (Å²) in [5, 5.41) is 5.21. The van der Waals surface area contributed by atoms with E-state index >= 15 is 0 Å². The Hall–Kier alpha value is -3.38. The molecule has 0 heterocycles. The van der Waals surface area contributed by atoms with Crippen LogP contribution in [0.25, 0.3) is 43.8 Å². The molecule has 0 bridgehead atoms. The quantitative estimate of drug-likeness (QED) is 0.289. The van der Waals surface area contributed by atoms with Crippen LogP contribution in [0, 0.1) is 6.92 Å². The van der Waals surface area contributed by atoms with E-state index in [1.54, 1.807) is 0 Å². The maximum Gasteiger partial charge on any atom is -0.00988 e. The Morgan fingerprint density at radius 1 is 0.444 bits per heavy atom. The number of benzene rings is 5. The Morgan fingerprint density at radius 3 is 1.93 bits per heavy atom. The van der Waals surface area contributed by atoms with Gasteiger partial charge in [-0.2, -0.15) is 0 Å². The van der Waals surface area contributed by atoms with E-state index in [9.17, 15) is 0 Å². The average Bonchev–Trinajstić information content (AvgIpc) is 2.74.